The first-order valence-corrected chi connectivity index (χ1v) is 9.50. The van der Waals surface area contributed by atoms with Crippen molar-refractivity contribution < 1.29 is 13.2 Å². The molecule has 0 unspecified atom stereocenters. The van der Waals surface area contributed by atoms with Crippen LogP contribution in [-0.4, -0.2) is 22.1 Å². The predicted octanol–water partition coefficient (Wildman–Crippen LogP) is 3.46. The smallest absolute Gasteiger partial charge is 0.268 e. The highest BCUT2D eigenvalue weighted by Crippen LogP contribution is 2.37. The number of hydrogen-bond acceptors (Lipinski definition) is 4. The van der Waals surface area contributed by atoms with E-state index in [2.05, 4.69) is 0 Å². The Kier molecular flexibility index (Phi) is 4.60. The molecule has 1 heterocycles. The van der Waals surface area contributed by atoms with Gasteiger partial charge in [-0.15, -0.1) is 0 Å². The maximum absolute atomic E-state index is 13.3. The van der Waals surface area contributed by atoms with Crippen molar-refractivity contribution in [3.8, 4) is 5.75 Å². The fraction of sp³-hybridized carbons (Fsp3) is 0.294. The van der Waals surface area contributed by atoms with Crippen molar-refractivity contribution >= 4 is 33.0 Å². The van der Waals surface area contributed by atoms with E-state index >= 15 is 0 Å². The van der Waals surface area contributed by atoms with E-state index in [9.17, 15) is 8.42 Å². The minimum atomic E-state index is -3.81. The lowest BCUT2D eigenvalue weighted by Gasteiger charge is -2.25. The quantitative estimate of drug-likeness (QED) is 0.844. The van der Waals surface area contributed by atoms with Crippen LogP contribution >= 0.6 is 11.6 Å². The first-order valence-electron chi connectivity index (χ1n) is 7.69. The van der Waals surface area contributed by atoms with Crippen molar-refractivity contribution in [3.63, 3.8) is 0 Å². The largest absolute Gasteiger partial charge is 0.495 e. The van der Waals surface area contributed by atoms with Gasteiger partial charge in [0.15, 0.2) is 0 Å². The van der Waals surface area contributed by atoms with Crippen LogP contribution in [0.2, 0.25) is 5.02 Å². The summed E-state index contributed by atoms with van der Waals surface area (Å²) in [6.45, 7) is 0.422. The second-order valence-electron chi connectivity index (χ2n) is 5.69. The van der Waals surface area contributed by atoms with Gasteiger partial charge in [0, 0.05) is 12.6 Å². The highest BCUT2D eigenvalue weighted by atomic mass is 35.5. The molecule has 0 bridgehead atoms. The van der Waals surface area contributed by atoms with Crippen molar-refractivity contribution in [1.82, 2.24) is 0 Å². The lowest BCUT2D eigenvalue weighted by molar-refractivity contribution is 0.402. The fourth-order valence-electron chi connectivity index (χ4n) is 2.94. The Morgan fingerprint density at radius 2 is 1.96 bits per heavy atom. The first kappa shape index (κ1) is 16.9. The molecule has 0 saturated carbocycles. The van der Waals surface area contributed by atoms with Crippen LogP contribution in [0.15, 0.2) is 41.3 Å². The molecule has 2 aromatic carbocycles. The SMILES string of the molecule is COc1cc(Cl)c(N)cc1S(=O)(=O)N1CCCCc2ccccc21. The summed E-state index contributed by atoms with van der Waals surface area (Å²) in [6.07, 6.45) is 2.60. The Morgan fingerprint density at radius 3 is 2.71 bits per heavy atom. The van der Waals surface area contributed by atoms with E-state index in [4.69, 9.17) is 22.1 Å². The monoisotopic (exact) mass is 366 g/mol. The maximum atomic E-state index is 13.3. The summed E-state index contributed by atoms with van der Waals surface area (Å²) in [5.74, 6) is 0.191. The van der Waals surface area contributed by atoms with E-state index in [0.29, 0.717) is 12.2 Å². The number of nitrogen functional groups attached to an aromatic ring is 1. The Labute approximate surface area is 147 Å². The van der Waals surface area contributed by atoms with Crippen LogP contribution in [0.4, 0.5) is 11.4 Å². The van der Waals surface area contributed by atoms with Gasteiger partial charge in [0.25, 0.3) is 10.0 Å². The number of ether oxygens (including phenoxy) is 1. The second-order valence-corrected chi connectivity index (χ2v) is 7.93. The number of benzene rings is 2. The molecule has 7 heteroatoms. The summed E-state index contributed by atoms with van der Waals surface area (Å²) >= 11 is 5.99. The molecule has 24 heavy (non-hydrogen) atoms. The predicted molar refractivity (Wildman–Crippen MR) is 96.3 cm³/mol. The van der Waals surface area contributed by atoms with Gasteiger partial charge in [0.05, 0.1) is 23.5 Å². The lowest BCUT2D eigenvalue weighted by atomic mass is 10.1. The number of nitrogens with zero attached hydrogens (tertiary/aromatic N) is 1. The lowest BCUT2D eigenvalue weighted by Crippen LogP contribution is -2.32. The molecule has 0 saturated heterocycles. The van der Waals surface area contributed by atoms with Gasteiger partial charge in [0.2, 0.25) is 0 Å². The first-order chi connectivity index (χ1) is 11.4. The van der Waals surface area contributed by atoms with Crippen LogP contribution in [0.3, 0.4) is 0 Å². The molecule has 0 radical (unpaired) electrons. The van der Waals surface area contributed by atoms with Crippen molar-refractivity contribution in [3.05, 3.63) is 47.0 Å². The van der Waals surface area contributed by atoms with Crippen LogP contribution in [0.5, 0.6) is 5.75 Å². The van der Waals surface area contributed by atoms with Crippen LogP contribution in [0.25, 0.3) is 0 Å². The van der Waals surface area contributed by atoms with E-state index in [1.165, 1.54) is 23.5 Å². The van der Waals surface area contributed by atoms with Gasteiger partial charge in [-0.2, -0.15) is 0 Å². The van der Waals surface area contributed by atoms with Crippen molar-refractivity contribution in [2.75, 3.05) is 23.7 Å². The summed E-state index contributed by atoms with van der Waals surface area (Å²) in [5, 5.41) is 0.266. The van der Waals surface area contributed by atoms with Gasteiger partial charge >= 0.3 is 0 Å². The highest BCUT2D eigenvalue weighted by molar-refractivity contribution is 7.93. The molecule has 0 spiro atoms. The number of anilines is 2. The van der Waals surface area contributed by atoms with Gasteiger partial charge in [0.1, 0.15) is 10.6 Å². The van der Waals surface area contributed by atoms with Gasteiger partial charge in [-0.1, -0.05) is 29.8 Å². The molecule has 0 aliphatic carbocycles. The number of nitrogens with two attached hydrogens (primary N) is 1. The Hall–Kier alpha value is -1.92. The summed E-state index contributed by atoms with van der Waals surface area (Å²) in [6, 6.07) is 10.4. The molecule has 5 nitrogen and oxygen atoms in total. The normalized spacial score (nSPS) is 14.8. The summed E-state index contributed by atoms with van der Waals surface area (Å²) in [4.78, 5) is 0.0311. The molecule has 1 aliphatic rings. The van der Waals surface area contributed by atoms with E-state index in [1.807, 2.05) is 24.3 Å². The van der Waals surface area contributed by atoms with E-state index in [1.54, 1.807) is 0 Å². The summed E-state index contributed by atoms with van der Waals surface area (Å²) in [5.41, 5.74) is 7.77. The van der Waals surface area contributed by atoms with Crippen LogP contribution in [0.1, 0.15) is 18.4 Å². The Bertz CT molecular complexity index is 868. The summed E-state index contributed by atoms with van der Waals surface area (Å²) in [7, 11) is -2.40. The molecule has 0 fully saturated rings. The maximum Gasteiger partial charge on any atom is 0.268 e. The third kappa shape index (κ3) is 2.91. The molecule has 128 valence electrons. The van der Waals surface area contributed by atoms with Crippen LogP contribution in [0, 0.1) is 0 Å². The van der Waals surface area contributed by atoms with Crippen molar-refractivity contribution in [2.24, 2.45) is 0 Å². The Balaban J connectivity index is 2.17. The molecule has 0 aromatic heterocycles. The van der Waals surface area contributed by atoms with Gasteiger partial charge < -0.3 is 10.5 Å². The Morgan fingerprint density at radius 1 is 1.21 bits per heavy atom. The molecule has 1 aliphatic heterocycles. The zero-order chi connectivity index (χ0) is 17.3. The molecular weight excluding hydrogens is 348 g/mol. The number of halogens is 1. The van der Waals surface area contributed by atoms with Crippen LogP contribution in [-0.2, 0) is 16.4 Å². The number of sulfonamides is 1. The second kappa shape index (κ2) is 6.53. The fourth-order valence-corrected chi connectivity index (χ4v) is 4.81. The van der Waals surface area contributed by atoms with E-state index in [-0.39, 0.29) is 21.4 Å². The third-order valence-electron chi connectivity index (χ3n) is 4.17. The van der Waals surface area contributed by atoms with E-state index < -0.39 is 10.0 Å². The third-order valence-corrected chi connectivity index (χ3v) is 6.33. The average Bonchev–Trinajstić information content (AvgIpc) is 2.79. The minimum absolute atomic E-state index is 0.0311. The van der Waals surface area contributed by atoms with Crippen molar-refractivity contribution in [2.45, 2.75) is 24.2 Å². The topological polar surface area (TPSA) is 72.6 Å². The molecule has 0 atom stereocenters. The van der Waals surface area contributed by atoms with Gasteiger partial charge in [-0.25, -0.2) is 8.42 Å². The number of aryl methyl sites for hydroxylation is 1. The summed E-state index contributed by atoms with van der Waals surface area (Å²) < 4.78 is 33.3. The molecule has 2 N–H and O–H groups in total. The number of fused-ring (bicyclic) bond motifs is 1. The number of para-hydroxylation sites is 1. The number of rotatable bonds is 3. The number of hydrogen-bond donors (Lipinski definition) is 1. The molecule has 3 rings (SSSR count). The highest BCUT2D eigenvalue weighted by Gasteiger charge is 2.31. The molecule has 2 aromatic rings. The minimum Gasteiger partial charge on any atom is -0.495 e. The van der Waals surface area contributed by atoms with Gasteiger partial charge in [-0.3, -0.25) is 4.31 Å². The van der Waals surface area contributed by atoms with Gasteiger partial charge in [-0.05, 0) is 37.0 Å². The number of methoxy groups -OCH3 is 1. The van der Waals surface area contributed by atoms with E-state index in [0.717, 1.165) is 24.8 Å². The van der Waals surface area contributed by atoms with Crippen molar-refractivity contribution in [1.29, 1.82) is 0 Å². The zero-order valence-corrected chi connectivity index (χ0v) is 14.9. The molecule has 0 amide bonds. The van der Waals surface area contributed by atoms with Crippen LogP contribution < -0.4 is 14.8 Å². The zero-order valence-electron chi connectivity index (χ0n) is 13.3. The average molecular weight is 367 g/mol. The molecular formula is C17H19ClN2O3S. The standard InChI is InChI=1S/C17H19ClN2O3S/c1-23-16-10-13(18)14(19)11-17(16)24(21,22)20-9-5-4-7-12-6-2-3-8-15(12)20/h2-3,6,8,10-11H,4-5,7,9,19H2,1H3.